The van der Waals surface area contributed by atoms with E-state index < -0.39 is 0 Å². The van der Waals surface area contributed by atoms with Crippen molar-refractivity contribution >= 4 is 11.6 Å². The first kappa shape index (κ1) is 15.7. The monoisotopic (exact) mass is 322 g/mol. The van der Waals surface area contributed by atoms with Gasteiger partial charge in [-0.1, -0.05) is 72.3 Å². The van der Waals surface area contributed by atoms with Gasteiger partial charge in [-0.2, -0.15) is 0 Å². The van der Waals surface area contributed by atoms with Gasteiger partial charge in [0.15, 0.2) is 0 Å². The molecule has 3 aromatic rings. The number of hydrogen-bond donors (Lipinski definition) is 1. The second-order valence-corrected chi connectivity index (χ2v) is 5.81. The predicted octanol–water partition coefficient (Wildman–Crippen LogP) is 4.73. The molecule has 23 heavy (non-hydrogen) atoms. The zero-order chi connectivity index (χ0) is 15.9. The lowest BCUT2D eigenvalue weighted by Gasteiger charge is -2.09. The highest BCUT2D eigenvalue weighted by molar-refractivity contribution is 6.30. The van der Waals surface area contributed by atoms with Gasteiger partial charge >= 0.3 is 0 Å². The van der Waals surface area contributed by atoms with Gasteiger partial charge in [0.25, 0.3) is 0 Å². The molecule has 2 nitrogen and oxygen atoms in total. The molecule has 0 fully saturated rings. The van der Waals surface area contributed by atoms with Crippen molar-refractivity contribution in [3.63, 3.8) is 0 Å². The summed E-state index contributed by atoms with van der Waals surface area (Å²) in [7, 11) is 0. The van der Waals surface area contributed by atoms with Crippen LogP contribution in [0, 0.1) is 0 Å². The summed E-state index contributed by atoms with van der Waals surface area (Å²) in [4.78, 5) is 4.32. The highest BCUT2D eigenvalue weighted by atomic mass is 35.5. The molecule has 0 spiro atoms. The standard InChI is InChI=1S/C20H19ClN2/c21-20-19(14-22-12-11-16-7-3-1-4-8-16)13-18(15-23-20)17-9-5-2-6-10-17/h1-10,13,15,22H,11-12,14H2. The number of hydrogen-bond acceptors (Lipinski definition) is 2. The summed E-state index contributed by atoms with van der Waals surface area (Å²) in [6.45, 7) is 1.63. The second kappa shape index (κ2) is 7.91. The van der Waals surface area contributed by atoms with Gasteiger partial charge in [0.05, 0.1) is 0 Å². The van der Waals surface area contributed by atoms with Gasteiger partial charge in [-0.15, -0.1) is 0 Å². The van der Waals surface area contributed by atoms with Gasteiger partial charge in [0.1, 0.15) is 5.15 Å². The van der Waals surface area contributed by atoms with Gasteiger partial charge in [0.2, 0.25) is 0 Å². The molecule has 0 saturated carbocycles. The van der Waals surface area contributed by atoms with Crippen LogP contribution in [0.5, 0.6) is 0 Å². The quantitative estimate of drug-likeness (QED) is 0.524. The molecule has 0 aliphatic heterocycles. The van der Waals surface area contributed by atoms with Gasteiger partial charge in [0, 0.05) is 23.9 Å². The summed E-state index contributed by atoms with van der Waals surface area (Å²) in [5, 5.41) is 4.01. The minimum Gasteiger partial charge on any atom is -0.312 e. The molecule has 2 aromatic carbocycles. The lowest BCUT2D eigenvalue weighted by molar-refractivity contribution is 0.685. The Kier molecular flexibility index (Phi) is 5.41. The van der Waals surface area contributed by atoms with Crippen molar-refractivity contribution in [1.29, 1.82) is 0 Å². The van der Waals surface area contributed by atoms with E-state index in [-0.39, 0.29) is 0 Å². The number of pyridine rings is 1. The van der Waals surface area contributed by atoms with Crippen molar-refractivity contribution in [2.24, 2.45) is 0 Å². The van der Waals surface area contributed by atoms with Crippen LogP contribution in [0.2, 0.25) is 5.15 Å². The van der Waals surface area contributed by atoms with Crippen LogP contribution in [-0.2, 0) is 13.0 Å². The number of aromatic nitrogens is 1. The molecule has 1 aromatic heterocycles. The molecule has 0 radical (unpaired) electrons. The Hall–Kier alpha value is -2.16. The van der Waals surface area contributed by atoms with Crippen molar-refractivity contribution in [3.05, 3.63) is 89.2 Å². The molecule has 3 heteroatoms. The number of nitrogens with one attached hydrogen (secondary N) is 1. The molecule has 0 saturated heterocycles. The molecular weight excluding hydrogens is 304 g/mol. The average Bonchev–Trinajstić information content (AvgIpc) is 2.62. The van der Waals surface area contributed by atoms with Crippen molar-refractivity contribution in [2.45, 2.75) is 13.0 Å². The molecule has 0 atom stereocenters. The third-order valence-electron chi connectivity index (χ3n) is 3.77. The van der Waals surface area contributed by atoms with Crippen molar-refractivity contribution in [3.8, 4) is 11.1 Å². The summed E-state index contributed by atoms with van der Waals surface area (Å²) in [6.07, 6.45) is 2.83. The lowest BCUT2D eigenvalue weighted by Crippen LogP contribution is -2.17. The fourth-order valence-electron chi connectivity index (χ4n) is 2.51. The largest absolute Gasteiger partial charge is 0.312 e. The highest BCUT2D eigenvalue weighted by Crippen LogP contribution is 2.22. The second-order valence-electron chi connectivity index (χ2n) is 5.45. The van der Waals surface area contributed by atoms with E-state index in [2.05, 4.69) is 52.8 Å². The van der Waals surface area contributed by atoms with Crippen molar-refractivity contribution in [1.82, 2.24) is 10.3 Å². The van der Waals surface area contributed by atoms with Gasteiger partial charge in [-0.25, -0.2) is 4.98 Å². The first-order chi connectivity index (χ1) is 11.3. The maximum Gasteiger partial charge on any atom is 0.133 e. The molecule has 116 valence electrons. The third-order valence-corrected chi connectivity index (χ3v) is 4.11. The maximum atomic E-state index is 6.23. The van der Waals surface area contributed by atoms with Gasteiger partial charge < -0.3 is 5.32 Å². The van der Waals surface area contributed by atoms with Gasteiger partial charge in [-0.3, -0.25) is 0 Å². The number of halogens is 1. The van der Waals surface area contributed by atoms with Crippen LogP contribution in [0.4, 0.5) is 0 Å². The molecule has 1 N–H and O–H groups in total. The Morgan fingerprint density at radius 3 is 2.30 bits per heavy atom. The van der Waals surface area contributed by atoms with E-state index in [4.69, 9.17) is 11.6 Å². The normalized spacial score (nSPS) is 10.7. The van der Waals surface area contributed by atoms with Crippen molar-refractivity contribution < 1.29 is 0 Å². The lowest BCUT2D eigenvalue weighted by atomic mass is 10.1. The topological polar surface area (TPSA) is 24.9 Å². The fourth-order valence-corrected chi connectivity index (χ4v) is 2.68. The molecule has 0 aliphatic carbocycles. The summed E-state index contributed by atoms with van der Waals surface area (Å²) in [5.74, 6) is 0. The number of benzene rings is 2. The van der Waals surface area contributed by atoms with Crippen molar-refractivity contribution in [2.75, 3.05) is 6.54 Å². The summed E-state index contributed by atoms with van der Waals surface area (Å²) in [6, 6.07) is 22.8. The Labute approximate surface area is 142 Å². The predicted molar refractivity (Wildman–Crippen MR) is 96.5 cm³/mol. The number of nitrogens with zero attached hydrogens (tertiary/aromatic N) is 1. The maximum absolute atomic E-state index is 6.23. The van der Waals surface area contributed by atoms with Crippen LogP contribution in [0.3, 0.4) is 0 Å². The van der Waals surface area contributed by atoms with E-state index in [1.165, 1.54) is 5.56 Å². The van der Waals surface area contributed by atoms with Crippen LogP contribution in [-0.4, -0.2) is 11.5 Å². The molecule has 0 bridgehead atoms. The van der Waals surface area contributed by atoms with Gasteiger partial charge in [-0.05, 0) is 30.2 Å². The minimum absolute atomic E-state index is 0.567. The SMILES string of the molecule is Clc1ncc(-c2ccccc2)cc1CNCCc1ccccc1. The molecule has 1 heterocycles. The van der Waals surface area contributed by atoms with E-state index >= 15 is 0 Å². The van der Waals surface area contributed by atoms with E-state index in [1.54, 1.807) is 0 Å². The molecule has 0 aliphatic rings. The molecule has 0 unspecified atom stereocenters. The zero-order valence-electron chi connectivity index (χ0n) is 12.9. The fraction of sp³-hybridized carbons (Fsp3) is 0.150. The van der Waals surface area contributed by atoms with E-state index in [0.717, 1.165) is 36.2 Å². The van der Waals surface area contributed by atoms with Crippen LogP contribution in [0.15, 0.2) is 72.9 Å². The summed E-state index contributed by atoms with van der Waals surface area (Å²) >= 11 is 6.23. The Morgan fingerprint density at radius 1 is 0.870 bits per heavy atom. The van der Waals surface area contributed by atoms with Crippen LogP contribution < -0.4 is 5.32 Å². The highest BCUT2D eigenvalue weighted by Gasteiger charge is 2.05. The van der Waals surface area contributed by atoms with E-state index in [0.29, 0.717) is 5.15 Å². The number of rotatable bonds is 6. The molecule has 3 rings (SSSR count). The smallest absolute Gasteiger partial charge is 0.133 e. The molecule has 0 amide bonds. The molecular formula is C20H19ClN2. The minimum atomic E-state index is 0.567. The summed E-state index contributed by atoms with van der Waals surface area (Å²) < 4.78 is 0. The van der Waals surface area contributed by atoms with E-state index in [9.17, 15) is 0 Å². The Balaban J connectivity index is 1.61. The zero-order valence-corrected chi connectivity index (χ0v) is 13.6. The van der Waals surface area contributed by atoms with Crippen LogP contribution in [0.25, 0.3) is 11.1 Å². The first-order valence-electron chi connectivity index (χ1n) is 7.77. The van der Waals surface area contributed by atoms with Crippen LogP contribution in [0.1, 0.15) is 11.1 Å². The third kappa shape index (κ3) is 4.41. The van der Waals surface area contributed by atoms with E-state index in [1.807, 2.05) is 30.5 Å². The first-order valence-corrected chi connectivity index (χ1v) is 8.15. The average molecular weight is 323 g/mol. The Morgan fingerprint density at radius 2 is 1.57 bits per heavy atom. The van der Waals surface area contributed by atoms with Crippen LogP contribution >= 0.6 is 11.6 Å². The summed E-state index contributed by atoms with van der Waals surface area (Å²) in [5.41, 5.74) is 4.61. The Bertz CT molecular complexity index is 742.